The predicted octanol–water partition coefficient (Wildman–Crippen LogP) is 0.390. The van der Waals surface area contributed by atoms with Crippen LogP contribution in [0.3, 0.4) is 0 Å². The van der Waals surface area contributed by atoms with Crippen LogP contribution in [0.5, 0.6) is 0 Å². The Morgan fingerprint density at radius 3 is 2.57 bits per heavy atom. The van der Waals surface area contributed by atoms with Gasteiger partial charge in [-0.1, -0.05) is 30.3 Å². The van der Waals surface area contributed by atoms with Crippen LogP contribution in [0.2, 0.25) is 0 Å². The molecule has 2 aliphatic rings. The highest BCUT2D eigenvalue weighted by atomic mass is 16.2. The van der Waals surface area contributed by atoms with Gasteiger partial charge < -0.3 is 15.5 Å². The molecule has 5 nitrogen and oxygen atoms in total. The molecule has 0 radical (unpaired) electrons. The highest BCUT2D eigenvalue weighted by Crippen LogP contribution is 2.28. The second-order valence-corrected chi connectivity index (χ2v) is 5.87. The fourth-order valence-electron chi connectivity index (χ4n) is 2.84. The van der Waals surface area contributed by atoms with Gasteiger partial charge in [-0.05, 0) is 24.8 Å². The van der Waals surface area contributed by atoms with Gasteiger partial charge in [-0.3, -0.25) is 9.59 Å². The molecule has 1 heterocycles. The molecule has 1 atom stereocenters. The predicted molar refractivity (Wildman–Crippen MR) is 79.4 cm³/mol. The molecule has 5 heteroatoms. The Kier molecular flexibility index (Phi) is 3.92. The first-order valence-electron chi connectivity index (χ1n) is 7.53. The number of carbonyl (C=O) groups excluding carboxylic acids is 2. The molecule has 21 heavy (non-hydrogen) atoms. The van der Waals surface area contributed by atoms with Crippen molar-refractivity contribution in [3.05, 3.63) is 35.9 Å². The van der Waals surface area contributed by atoms with E-state index < -0.39 is 6.04 Å². The highest BCUT2D eigenvalue weighted by Gasteiger charge is 2.37. The zero-order valence-electron chi connectivity index (χ0n) is 12.1. The van der Waals surface area contributed by atoms with E-state index in [0.717, 1.165) is 18.4 Å². The van der Waals surface area contributed by atoms with Crippen LogP contribution in [0.15, 0.2) is 30.3 Å². The Morgan fingerprint density at radius 2 is 1.95 bits per heavy atom. The van der Waals surface area contributed by atoms with Crippen LogP contribution in [0.1, 0.15) is 18.4 Å². The second-order valence-electron chi connectivity index (χ2n) is 5.87. The number of benzene rings is 1. The number of amides is 2. The number of piperazine rings is 1. The topological polar surface area (TPSA) is 66.6 Å². The average Bonchev–Trinajstić information content (AvgIpc) is 3.32. The van der Waals surface area contributed by atoms with Gasteiger partial charge in [-0.25, -0.2) is 0 Å². The molecule has 0 spiro atoms. The molecule has 1 aromatic carbocycles. The minimum atomic E-state index is -0.576. The van der Waals surface area contributed by atoms with E-state index >= 15 is 0 Å². The lowest BCUT2D eigenvalue weighted by molar-refractivity contribution is -0.146. The molecule has 0 aromatic heterocycles. The summed E-state index contributed by atoms with van der Waals surface area (Å²) in [5.41, 5.74) is 7.06. The first-order chi connectivity index (χ1) is 10.1. The van der Waals surface area contributed by atoms with Crippen molar-refractivity contribution in [3.63, 3.8) is 0 Å². The highest BCUT2D eigenvalue weighted by molar-refractivity contribution is 5.88. The van der Waals surface area contributed by atoms with E-state index in [4.69, 9.17) is 5.73 Å². The number of nitrogens with two attached hydrogens (primary N) is 1. The Morgan fingerprint density at radius 1 is 1.24 bits per heavy atom. The molecule has 1 aromatic rings. The van der Waals surface area contributed by atoms with Crippen LogP contribution in [0, 0.1) is 0 Å². The third-order valence-electron chi connectivity index (χ3n) is 4.17. The van der Waals surface area contributed by atoms with Crippen molar-refractivity contribution in [1.82, 2.24) is 9.80 Å². The van der Waals surface area contributed by atoms with E-state index in [-0.39, 0.29) is 18.4 Å². The number of rotatable bonds is 4. The van der Waals surface area contributed by atoms with Gasteiger partial charge in [0, 0.05) is 19.1 Å². The maximum Gasteiger partial charge on any atom is 0.242 e. The van der Waals surface area contributed by atoms with Gasteiger partial charge in [0.1, 0.15) is 0 Å². The molecule has 0 bridgehead atoms. The van der Waals surface area contributed by atoms with Crippen molar-refractivity contribution in [2.45, 2.75) is 31.3 Å². The SMILES string of the molecule is NC(Cc1ccccc1)C(=O)N1CCN(C2CC2)C(=O)C1. The Balaban J connectivity index is 1.56. The molecule has 3 rings (SSSR count). The summed E-state index contributed by atoms with van der Waals surface area (Å²) in [7, 11) is 0. The Bertz CT molecular complexity index is 528. The van der Waals surface area contributed by atoms with E-state index in [1.165, 1.54) is 0 Å². The summed E-state index contributed by atoms with van der Waals surface area (Å²) < 4.78 is 0. The number of carbonyl (C=O) groups is 2. The average molecular weight is 287 g/mol. The third-order valence-corrected chi connectivity index (χ3v) is 4.17. The van der Waals surface area contributed by atoms with Crippen molar-refractivity contribution in [2.75, 3.05) is 19.6 Å². The lowest BCUT2D eigenvalue weighted by Gasteiger charge is -2.35. The molecule has 2 N–H and O–H groups in total. The Hall–Kier alpha value is -1.88. The van der Waals surface area contributed by atoms with Gasteiger partial charge in [0.2, 0.25) is 11.8 Å². The van der Waals surface area contributed by atoms with Gasteiger partial charge in [0.25, 0.3) is 0 Å². The van der Waals surface area contributed by atoms with Gasteiger partial charge in [-0.15, -0.1) is 0 Å². The summed E-state index contributed by atoms with van der Waals surface area (Å²) in [5.74, 6) is -0.0633. The lowest BCUT2D eigenvalue weighted by Crippen LogP contribution is -2.56. The molecule has 2 fully saturated rings. The minimum Gasteiger partial charge on any atom is -0.336 e. The van der Waals surface area contributed by atoms with Crippen LogP contribution in [0.25, 0.3) is 0 Å². The fraction of sp³-hybridized carbons (Fsp3) is 0.500. The molecule has 1 aliphatic carbocycles. The Labute approximate surface area is 124 Å². The zero-order chi connectivity index (χ0) is 14.8. The van der Waals surface area contributed by atoms with E-state index in [9.17, 15) is 9.59 Å². The number of nitrogens with zero attached hydrogens (tertiary/aromatic N) is 2. The molecular weight excluding hydrogens is 266 g/mol. The van der Waals surface area contributed by atoms with Crippen molar-refractivity contribution < 1.29 is 9.59 Å². The smallest absolute Gasteiger partial charge is 0.242 e. The van der Waals surface area contributed by atoms with E-state index in [1.54, 1.807) is 4.90 Å². The maximum absolute atomic E-state index is 12.4. The van der Waals surface area contributed by atoms with E-state index in [1.807, 2.05) is 35.2 Å². The van der Waals surface area contributed by atoms with Crippen LogP contribution in [-0.2, 0) is 16.0 Å². The van der Waals surface area contributed by atoms with Gasteiger partial charge in [0.15, 0.2) is 0 Å². The number of hydrogen-bond donors (Lipinski definition) is 1. The van der Waals surface area contributed by atoms with Gasteiger partial charge >= 0.3 is 0 Å². The minimum absolute atomic E-state index is 0.0593. The molecule has 1 saturated heterocycles. The monoisotopic (exact) mass is 287 g/mol. The first-order valence-corrected chi connectivity index (χ1v) is 7.53. The fourth-order valence-corrected chi connectivity index (χ4v) is 2.84. The summed E-state index contributed by atoms with van der Waals surface area (Å²) in [4.78, 5) is 27.9. The first kappa shape index (κ1) is 14.1. The summed E-state index contributed by atoms with van der Waals surface area (Å²) in [5, 5.41) is 0. The van der Waals surface area contributed by atoms with Gasteiger partial charge in [0.05, 0.1) is 12.6 Å². The normalized spacial score (nSPS) is 20.5. The van der Waals surface area contributed by atoms with Crippen LogP contribution in [-0.4, -0.2) is 53.3 Å². The number of hydrogen-bond acceptors (Lipinski definition) is 3. The molecule has 1 aliphatic heterocycles. The van der Waals surface area contributed by atoms with Crippen LogP contribution in [0.4, 0.5) is 0 Å². The summed E-state index contributed by atoms with van der Waals surface area (Å²) >= 11 is 0. The molecular formula is C16H21N3O2. The van der Waals surface area contributed by atoms with Crippen molar-refractivity contribution in [3.8, 4) is 0 Å². The summed E-state index contributed by atoms with van der Waals surface area (Å²) in [6.45, 7) is 1.43. The van der Waals surface area contributed by atoms with Crippen molar-refractivity contribution >= 4 is 11.8 Å². The maximum atomic E-state index is 12.4. The van der Waals surface area contributed by atoms with E-state index in [2.05, 4.69) is 0 Å². The third kappa shape index (κ3) is 3.24. The van der Waals surface area contributed by atoms with Crippen molar-refractivity contribution in [2.24, 2.45) is 5.73 Å². The molecule has 2 amide bonds. The zero-order valence-corrected chi connectivity index (χ0v) is 12.1. The van der Waals surface area contributed by atoms with Crippen molar-refractivity contribution in [1.29, 1.82) is 0 Å². The second kappa shape index (κ2) is 5.85. The summed E-state index contributed by atoms with van der Waals surface area (Å²) in [6.07, 6.45) is 2.72. The van der Waals surface area contributed by atoms with Crippen LogP contribution >= 0.6 is 0 Å². The largest absolute Gasteiger partial charge is 0.336 e. The quantitative estimate of drug-likeness (QED) is 0.871. The molecule has 112 valence electrons. The standard InChI is InChI=1S/C16H21N3O2/c17-14(10-12-4-2-1-3-5-12)16(21)18-8-9-19(13-6-7-13)15(20)11-18/h1-5,13-14H,6-11,17H2. The molecule has 1 unspecified atom stereocenters. The van der Waals surface area contributed by atoms with E-state index in [0.29, 0.717) is 25.6 Å². The lowest BCUT2D eigenvalue weighted by atomic mass is 10.1. The van der Waals surface area contributed by atoms with Crippen LogP contribution < -0.4 is 5.73 Å². The summed E-state index contributed by atoms with van der Waals surface area (Å²) in [6, 6.07) is 9.58. The van der Waals surface area contributed by atoms with Gasteiger partial charge in [-0.2, -0.15) is 0 Å². The molecule has 1 saturated carbocycles.